The van der Waals surface area contributed by atoms with Crippen molar-refractivity contribution in [3.05, 3.63) is 59.9 Å². The van der Waals surface area contributed by atoms with Crippen LogP contribution < -0.4 is 14.8 Å². The van der Waals surface area contributed by atoms with E-state index in [-0.39, 0.29) is 12.0 Å². The van der Waals surface area contributed by atoms with Crippen molar-refractivity contribution in [2.75, 3.05) is 13.2 Å². The largest absolute Gasteiger partial charge is 0.486 e. The normalized spacial score (nSPS) is 16.0. The van der Waals surface area contributed by atoms with Crippen molar-refractivity contribution < 1.29 is 18.7 Å². The minimum absolute atomic E-state index is 0.0609. The second-order valence-electron chi connectivity index (χ2n) is 6.15. The number of para-hydroxylation sites is 2. The molecule has 0 spiro atoms. The molecule has 2 aromatic carbocycles. The molecule has 1 N–H and O–H groups in total. The first kappa shape index (κ1) is 15.6. The van der Waals surface area contributed by atoms with E-state index in [2.05, 4.69) is 5.32 Å². The number of amides is 1. The van der Waals surface area contributed by atoms with Crippen molar-refractivity contribution in [1.82, 2.24) is 5.32 Å². The maximum atomic E-state index is 12.3. The summed E-state index contributed by atoms with van der Waals surface area (Å²) in [5, 5.41) is 3.87. The summed E-state index contributed by atoms with van der Waals surface area (Å²) in [7, 11) is 0. The van der Waals surface area contributed by atoms with E-state index >= 15 is 0 Å². The van der Waals surface area contributed by atoms with E-state index in [0.717, 1.165) is 28.2 Å². The number of carbonyl (C=O) groups is 1. The molecule has 0 saturated heterocycles. The van der Waals surface area contributed by atoms with Crippen molar-refractivity contribution in [1.29, 1.82) is 0 Å². The number of furan rings is 1. The third-order valence-electron chi connectivity index (χ3n) is 4.22. The molecule has 1 aliphatic heterocycles. The summed E-state index contributed by atoms with van der Waals surface area (Å²) in [6.07, 6.45) is 0.627. The van der Waals surface area contributed by atoms with Gasteiger partial charge in [0.05, 0.1) is 0 Å². The summed E-state index contributed by atoms with van der Waals surface area (Å²) in [4.78, 5) is 12.3. The minimum atomic E-state index is -0.0992. The molecule has 25 heavy (non-hydrogen) atoms. The maximum Gasteiger partial charge on any atom is 0.251 e. The summed E-state index contributed by atoms with van der Waals surface area (Å²) in [5.74, 6) is 2.26. The monoisotopic (exact) mass is 337 g/mol. The molecular weight excluding hydrogens is 318 g/mol. The van der Waals surface area contributed by atoms with Gasteiger partial charge in [-0.3, -0.25) is 4.79 Å². The fraction of sp³-hybridized carbons (Fsp3) is 0.250. The molecule has 128 valence electrons. The van der Waals surface area contributed by atoms with Crippen LogP contribution in [0.2, 0.25) is 0 Å². The van der Waals surface area contributed by atoms with Gasteiger partial charge in [0.25, 0.3) is 5.91 Å². The predicted octanol–water partition coefficient (Wildman–Crippen LogP) is 3.70. The number of hydrogen-bond donors (Lipinski definition) is 1. The van der Waals surface area contributed by atoms with Crippen molar-refractivity contribution in [3.8, 4) is 11.5 Å². The van der Waals surface area contributed by atoms with Gasteiger partial charge in [0.1, 0.15) is 24.1 Å². The van der Waals surface area contributed by atoms with Crippen molar-refractivity contribution in [3.63, 3.8) is 0 Å². The molecule has 5 heteroatoms. The van der Waals surface area contributed by atoms with Crippen LogP contribution in [-0.4, -0.2) is 25.2 Å². The second kappa shape index (κ2) is 6.51. The first-order valence-corrected chi connectivity index (χ1v) is 8.36. The number of carbonyl (C=O) groups excluding carboxylic acids is 1. The van der Waals surface area contributed by atoms with Crippen molar-refractivity contribution in [2.24, 2.45) is 0 Å². The highest BCUT2D eigenvalue weighted by Crippen LogP contribution is 2.31. The van der Waals surface area contributed by atoms with Gasteiger partial charge in [-0.25, -0.2) is 0 Å². The van der Waals surface area contributed by atoms with E-state index in [1.54, 1.807) is 6.07 Å². The standard InChI is InChI=1S/C20H19NO4/c1-13-10-15-11-14(6-7-17(15)24-13)20(22)21-9-8-16-12-23-18-4-2-3-5-19(18)25-16/h2-7,10-11,16H,8-9,12H2,1H3,(H,21,22). The lowest BCUT2D eigenvalue weighted by Crippen LogP contribution is -2.34. The second-order valence-corrected chi connectivity index (χ2v) is 6.15. The Labute approximate surface area is 145 Å². The number of fused-ring (bicyclic) bond motifs is 2. The number of nitrogens with one attached hydrogen (secondary N) is 1. The Hall–Kier alpha value is -2.95. The fourth-order valence-corrected chi connectivity index (χ4v) is 2.97. The molecule has 1 aliphatic rings. The number of benzene rings is 2. The SMILES string of the molecule is Cc1cc2cc(C(=O)NCCC3COc4ccccc4O3)ccc2o1. The molecule has 1 aromatic heterocycles. The zero-order valence-electron chi connectivity index (χ0n) is 14.0. The van der Waals surface area contributed by atoms with Crippen LogP contribution in [0.15, 0.2) is 52.9 Å². The topological polar surface area (TPSA) is 60.7 Å². The Balaban J connectivity index is 1.33. The van der Waals surface area contributed by atoms with E-state index in [0.29, 0.717) is 25.1 Å². The van der Waals surface area contributed by atoms with Gasteiger partial charge in [0.15, 0.2) is 11.5 Å². The lowest BCUT2D eigenvalue weighted by molar-refractivity contribution is 0.0813. The summed E-state index contributed by atoms with van der Waals surface area (Å²) < 4.78 is 17.1. The van der Waals surface area contributed by atoms with E-state index in [9.17, 15) is 4.79 Å². The Morgan fingerprint density at radius 2 is 2.00 bits per heavy atom. The molecule has 0 radical (unpaired) electrons. The summed E-state index contributed by atoms with van der Waals surface area (Å²) in [6, 6.07) is 15.0. The predicted molar refractivity (Wildman–Crippen MR) is 94.3 cm³/mol. The first-order valence-electron chi connectivity index (χ1n) is 8.36. The fourth-order valence-electron chi connectivity index (χ4n) is 2.97. The molecular formula is C20H19NO4. The molecule has 0 bridgehead atoms. The minimum Gasteiger partial charge on any atom is -0.486 e. The smallest absolute Gasteiger partial charge is 0.251 e. The Morgan fingerprint density at radius 1 is 1.16 bits per heavy atom. The van der Waals surface area contributed by atoms with E-state index in [1.165, 1.54) is 0 Å². The average molecular weight is 337 g/mol. The van der Waals surface area contributed by atoms with Crippen LogP contribution in [0.5, 0.6) is 11.5 Å². The Morgan fingerprint density at radius 3 is 2.88 bits per heavy atom. The molecule has 1 amide bonds. The van der Waals surface area contributed by atoms with E-state index in [4.69, 9.17) is 13.9 Å². The first-order chi connectivity index (χ1) is 12.2. The zero-order valence-corrected chi connectivity index (χ0v) is 14.0. The Bertz CT molecular complexity index is 915. The molecule has 3 aromatic rings. The number of aryl methyl sites for hydroxylation is 1. The average Bonchev–Trinajstić information content (AvgIpc) is 3.00. The highest BCUT2D eigenvalue weighted by Gasteiger charge is 2.20. The highest BCUT2D eigenvalue weighted by atomic mass is 16.6. The van der Waals surface area contributed by atoms with Crippen molar-refractivity contribution >= 4 is 16.9 Å². The number of ether oxygens (including phenoxy) is 2. The molecule has 2 heterocycles. The van der Waals surface area contributed by atoms with Gasteiger partial charge in [0.2, 0.25) is 0 Å². The van der Waals surface area contributed by atoms with Gasteiger partial charge >= 0.3 is 0 Å². The van der Waals surface area contributed by atoms with Gasteiger partial charge in [0, 0.05) is 23.9 Å². The third-order valence-corrected chi connectivity index (χ3v) is 4.22. The Kier molecular flexibility index (Phi) is 4.06. The van der Waals surface area contributed by atoms with Crippen LogP contribution >= 0.6 is 0 Å². The molecule has 0 saturated carbocycles. The number of rotatable bonds is 4. The van der Waals surface area contributed by atoms with Crippen LogP contribution in [0.25, 0.3) is 11.0 Å². The molecule has 1 unspecified atom stereocenters. The summed E-state index contributed by atoms with van der Waals surface area (Å²) >= 11 is 0. The summed E-state index contributed by atoms with van der Waals surface area (Å²) in [6.45, 7) is 2.91. The van der Waals surface area contributed by atoms with Crippen LogP contribution in [0, 0.1) is 6.92 Å². The zero-order chi connectivity index (χ0) is 17.2. The molecule has 4 rings (SSSR count). The quantitative estimate of drug-likeness (QED) is 0.788. The van der Waals surface area contributed by atoms with Crippen LogP contribution in [0.1, 0.15) is 22.5 Å². The highest BCUT2D eigenvalue weighted by molar-refractivity contribution is 5.97. The van der Waals surface area contributed by atoms with E-state index < -0.39 is 0 Å². The molecule has 0 aliphatic carbocycles. The van der Waals surface area contributed by atoms with Crippen LogP contribution in [0.3, 0.4) is 0 Å². The molecule has 0 fully saturated rings. The van der Waals surface area contributed by atoms with Gasteiger partial charge in [-0.1, -0.05) is 12.1 Å². The van der Waals surface area contributed by atoms with Crippen LogP contribution in [-0.2, 0) is 0 Å². The van der Waals surface area contributed by atoms with Gasteiger partial charge in [-0.2, -0.15) is 0 Å². The molecule has 5 nitrogen and oxygen atoms in total. The third kappa shape index (κ3) is 3.31. The van der Waals surface area contributed by atoms with Gasteiger partial charge < -0.3 is 19.2 Å². The van der Waals surface area contributed by atoms with Gasteiger partial charge in [-0.05, 0) is 43.3 Å². The van der Waals surface area contributed by atoms with E-state index in [1.807, 2.05) is 49.4 Å². The number of hydrogen-bond acceptors (Lipinski definition) is 4. The van der Waals surface area contributed by atoms with Crippen LogP contribution in [0.4, 0.5) is 0 Å². The van der Waals surface area contributed by atoms with Gasteiger partial charge in [-0.15, -0.1) is 0 Å². The lowest BCUT2D eigenvalue weighted by Gasteiger charge is -2.26. The van der Waals surface area contributed by atoms with Crippen molar-refractivity contribution in [2.45, 2.75) is 19.4 Å². The summed E-state index contributed by atoms with van der Waals surface area (Å²) in [5.41, 5.74) is 1.42. The lowest BCUT2D eigenvalue weighted by atomic mass is 10.1. The maximum absolute atomic E-state index is 12.3. The molecule has 1 atom stereocenters.